The third-order valence-corrected chi connectivity index (χ3v) is 3.49. The van der Waals surface area contributed by atoms with Crippen LogP contribution in [0.4, 0.5) is 22.0 Å². The molecule has 126 valence electrons. The fourth-order valence-electron chi connectivity index (χ4n) is 2.18. The third-order valence-electron chi connectivity index (χ3n) is 3.49. The molecule has 0 aromatic heterocycles. The minimum atomic E-state index is -5.43. The van der Waals surface area contributed by atoms with Gasteiger partial charge in [-0.25, -0.2) is 0 Å². The number of unbranched alkanes of at least 4 members (excludes halogenated alkanes) is 4. The normalized spacial score (nSPS) is 20.7. The number of hydrogen-bond donors (Lipinski definition) is 0. The summed E-state index contributed by atoms with van der Waals surface area (Å²) in [6, 6.07) is 0. The van der Waals surface area contributed by atoms with Crippen LogP contribution in [-0.4, -0.2) is 31.6 Å². The van der Waals surface area contributed by atoms with Gasteiger partial charge in [0.25, 0.3) is 0 Å². The molecule has 0 aromatic carbocycles. The standard InChI is InChI=1S/C14H23F5O2/c15-13(16,14(17,18)19)9-5-2-1-3-6-10-20-12-8-4-7-11-21-12/h12H,1-11H2. The van der Waals surface area contributed by atoms with E-state index in [1.165, 1.54) is 0 Å². The molecule has 1 aliphatic heterocycles. The van der Waals surface area contributed by atoms with Gasteiger partial charge in [-0.2, -0.15) is 22.0 Å². The molecular weight excluding hydrogens is 295 g/mol. The molecule has 0 spiro atoms. The Labute approximate surface area is 122 Å². The third kappa shape index (κ3) is 7.40. The van der Waals surface area contributed by atoms with Crippen molar-refractivity contribution >= 4 is 0 Å². The smallest absolute Gasteiger partial charge is 0.353 e. The first-order chi connectivity index (χ1) is 9.83. The molecule has 0 bridgehead atoms. The quantitative estimate of drug-likeness (QED) is 0.436. The highest BCUT2D eigenvalue weighted by atomic mass is 19.4. The highest BCUT2D eigenvalue weighted by Crippen LogP contribution is 2.39. The number of alkyl halides is 5. The number of halogens is 5. The zero-order valence-electron chi connectivity index (χ0n) is 12.1. The average Bonchev–Trinajstić information content (AvgIpc) is 2.41. The van der Waals surface area contributed by atoms with Crippen molar-refractivity contribution in [2.24, 2.45) is 0 Å². The van der Waals surface area contributed by atoms with E-state index in [2.05, 4.69) is 0 Å². The van der Waals surface area contributed by atoms with E-state index >= 15 is 0 Å². The lowest BCUT2D eigenvalue weighted by Gasteiger charge is -2.22. The van der Waals surface area contributed by atoms with Crippen LogP contribution in [0.3, 0.4) is 0 Å². The van der Waals surface area contributed by atoms with Crippen LogP contribution < -0.4 is 0 Å². The first-order valence-electron chi connectivity index (χ1n) is 7.51. The average molecular weight is 318 g/mol. The van der Waals surface area contributed by atoms with Crippen molar-refractivity contribution in [3.63, 3.8) is 0 Å². The number of ether oxygens (including phenoxy) is 2. The Kier molecular flexibility index (Phi) is 7.87. The van der Waals surface area contributed by atoms with Gasteiger partial charge in [0.15, 0.2) is 6.29 Å². The summed E-state index contributed by atoms with van der Waals surface area (Å²) in [5, 5.41) is 0. The van der Waals surface area contributed by atoms with Crippen molar-refractivity contribution in [1.29, 1.82) is 0 Å². The van der Waals surface area contributed by atoms with E-state index in [0.717, 1.165) is 38.7 Å². The van der Waals surface area contributed by atoms with Gasteiger partial charge in [0.1, 0.15) is 0 Å². The van der Waals surface area contributed by atoms with Crippen LogP contribution in [0, 0.1) is 0 Å². The lowest BCUT2D eigenvalue weighted by Crippen LogP contribution is -2.36. The second-order valence-corrected chi connectivity index (χ2v) is 5.39. The molecule has 0 saturated carbocycles. The van der Waals surface area contributed by atoms with E-state index in [0.29, 0.717) is 19.4 Å². The van der Waals surface area contributed by atoms with Crippen molar-refractivity contribution in [3.8, 4) is 0 Å². The molecule has 1 fully saturated rings. The van der Waals surface area contributed by atoms with Gasteiger partial charge in [-0.3, -0.25) is 0 Å². The van der Waals surface area contributed by atoms with E-state index in [1.54, 1.807) is 0 Å². The minimum absolute atomic E-state index is 0.112. The zero-order chi connectivity index (χ0) is 15.8. The molecule has 0 aromatic rings. The summed E-state index contributed by atoms with van der Waals surface area (Å²) < 4.78 is 71.8. The van der Waals surface area contributed by atoms with Gasteiger partial charge in [0, 0.05) is 19.6 Å². The van der Waals surface area contributed by atoms with Crippen molar-refractivity contribution in [3.05, 3.63) is 0 Å². The Bertz CT molecular complexity index is 275. The maximum Gasteiger partial charge on any atom is 0.453 e. The predicted molar refractivity (Wildman–Crippen MR) is 68.2 cm³/mol. The monoisotopic (exact) mass is 318 g/mol. The summed E-state index contributed by atoms with van der Waals surface area (Å²) in [6.45, 7) is 1.27. The van der Waals surface area contributed by atoms with E-state index in [-0.39, 0.29) is 12.7 Å². The van der Waals surface area contributed by atoms with E-state index < -0.39 is 18.5 Å². The van der Waals surface area contributed by atoms with Crippen molar-refractivity contribution in [2.45, 2.75) is 76.2 Å². The fraction of sp³-hybridized carbons (Fsp3) is 1.00. The molecule has 1 aliphatic rings. The Morgan fingerprint density at radius 2 is 1.57 bits per heavy atom. The maximum absolute atomic E-state index is 12.6. The minimum Gasteiger partial charge on any atom is -0.353 e. The Hall–Kier alpha value is -0.430. The van der Waals surface area contributed by atoms with Crippen LogP contribution in [0.15, 0.2) is 0 Å². The fourth-order valence-corrected chi connectivity index (χ4v) is 2.18. The molecule has 21 heavy (non-hydrogen) atoms. The molecule has 1 saturated heterocycles. The van der Waals surface area contributed by atoms with Crippen LogP contribution in [0.1, 0.15) is 57.8 Å². The molecule has 0 N–H and O–H groups in total. The Balaban J connectivity index is 1.93. The molecule has 0 amide bonds. The van der Waals surface area contributed by atoms with E-state index in [9.17, 15) is 22.0 Å². The van der Waals surface area contributed by atoms with Gasteiger partial charge in [-0.15, -0.1) is 0 Å². The molecular formula is C14H23F5O2. The molecule has 0 aliphatic carbocycles. The molecule has 7 heteroatoms. The van der Waals surface area contributed by atoms with Gasteiger partial charge >= 0.3 is 12.1 Å². The van der Waals surface area contributed by atoms with Gasteiger partial charge in [-0.05, 0) is 32.1 Å². The predicted octanol–water partition coefficient (Wildman–Crippen LogP) is 5.07. The largest absolute Gasteiger partial charge is 0.453 e. The Morgan fingerprint density at radius 1 is 0.905 bits per heavy atom. The van der Waals surface area contributed by atoms with Crippen LogP contribution in [0.2, 0.25) is 0 Å². The molecule has 1 unspecified atom stereocenters. The van der Waals surface area contributed by atoms with Gasteiger partial charge < -0.3 is 9.47 Å². The SMILES string of the molecule is FC(F)(F)C(F)(F)CCCCCCCOC1CCCCO1. The van der Waals surface area contributed by atoms with Crippen molar-refractivity contribution < 1.29 is 31.4 Å². The van der Waals surface area contributed by atoms with E-state index in [4.69, 9.17) is 9.47 Å². The summed E-state index contributed by atoms with van der Waals surface area (Å²) in [6.07, 6.45) is -1.19. The number of rotatable bonds is 9. The summed E-state index contributed by atoms with van der Waals surface area (Å²) in [5.41, 5.74) is 0. The highest BCUT2D eigenvalue weighted by molar-refractivity contribution is 4.75. The van der Waals surface area contributed by atoms with Crippen molar-refractivity contribution in [2.75, 3.05) is 13.2 Å². The van der Waals surface area contributed by atoms with Gasteiger partial charge in [0.05, 0.1) is 0 Å². The first kappa shape index (κ1) is 18.6. The maximum atomic E-state index is 12.6. The molecule has 0 radical (unpaired) electrons. The molecule has 1 atom stereocenters. The summed E-state index contributed by atoms with van der Waals surface area (Å²) >= 11 is 0. The summed E-state index contributed by atoms with van der Waals surface area (Å²) in [7, 11) is 0. The summed E-state index contributed by atoms with van der Waals surface area (Å²) in [4.78, 5) is 0. The van der Waals surface area contributed by atoms with Gasteiger partial charge in [0.2, 0.25) is 0 Å². The highest BCUT2D eigenvalue weighted by Gasteiger charge is 2.56. The summed E-state index contributed by atoms with van der Waals surface area (Å²) in [5.74, 6) is -4.56. The molecule has 1 heterocycles. The zero-order valence-corrected chi connectivity index (χ0v) is 12.1. The first-order valence-corrected chi connectivity index (χ1v) is 7.51. The second kappa shape index (κ2) is 8.88. The van der Waals surface area contributed by atoms with Crippen molar-refractivity contribution in [1.82, 2.24) is 0 Å². The lowest BCUT2D eigenvalue weighted by molar-refractivity contribution is -0.284. The van der Waals surface area contributed by atoms with Crippen LogP contribution in [-0.2, 0) is 9.47 Å². The molecule has 2 nitrogen and oxygen atoms in total. The van der Waals surface area contributed by atoms with E-state index in [1.807, 2.05) is 0 Å². The Morgan fingerprint density at radius 3 is 2.19 bits per heavy atom. The molecule has 1 rings (SSSR count). The second-order valence-electron chi connectivity index (χ2n) is 5.39. The topological polar surface area (TPSA) is 18.5 Å². The van der Waals surface area contributed by atoms with Crippen LogP contribution in [0.5, 0.6) is 0 Å². The van der Waals surface area contributed by atoms with Gasteiger partial charge in [-0.1, -0.05) is 19.3 Å². The van der Waals surface area contributed by atoms with Crippen LogP contribution >= 0.6 is 0 Å². The van der Waals surface area contributed by atoms with Crippen LogP contribution in [0.25, 0.3) is 0 Å². The lowest BCUT2D eigenvalue weighted by atomic mass is 10.1. The number of hydrogen-bond acceptors (Lipinski definition) is 2.